The van der Waals surface area contributed by atoms with E-state index in [2.05, 4.69) is 4.98 Å². The average Bonchev–Trinajstić information content (AvgIpc) is 2.78. The molecule has 0 radical (unpaired) electrons. The summed E-state index contributed by atoms with van der Waals surface area (Å²) in [5.74, 6) is 1.34. The van der Waals surface area contributed by atoms with E-state index in [1.165, 1.54) is 11.7 Å². The molecule has 0 saturated carbocycles. The largest absolute Gasteiger partial charge is 0.504 e. The van der Waals surface area contributed by atoms with E-state index in [1.54, 1.807) is 61.7 Å². The molecule has 1 N–H and O–H groups in total. The first-order valence-corrected chi connectivity index (χ1v) is 9.33. The first-order valence-electron chi connectivity index (χ1n) is 9.33. The van der Waals surface area contributed by atoms with Gasteiger partial charge in [-0.05, 0) is 42.5 Å². The molecule has 0 unspecified atom stereocenters. The second-order valence-electron chi connectivity index (χ2n) is 6.53. The number of methoxy groups -OCH3 is 2. The fraction of sp³-hybridized carbons (Fsp3) is 0.0833. The van der Waals surface area contributed by atoms with Gasteiger partial charge in [0.25, 0.3) is 5.56 Å². The van der Waals surface area contributed by atoms with Gasteiger partial charge in [-0.25, -0.2) is 4.98 Å². The summed E-state index contributed by atoms with van der Waals surface area (Å²) in [5, 5.41) is 10.9. The molecule has 0 aliphatic rings. The molecule has 0 aliphatic heterocycles. The van der Waals surface area contributed by atoms with Crippen molar-refractivity contribution in [3.63, 3.8) is 0 Å². The van der Waals surface area contributed by atoms with Crippen LogP contribution < -0.4 is 15.0 Å². The quantitative estimate of drug-likeness (QED) is 0.541. The van der Waals surface area contributed by atoms with Crippen LogP contribution in [0.15, 0.2) is 71.5 Å². The van der Waals surface area contributed by atoms with E-state index in [0.29, 0.717) is 39.5 Å². The summed E-state index contributed by atoms with van der Waals surface area (Å²) in [6.45, 7) is 0. The highest BCUT2D eigenvalue weighted by molar-refractivity contribution is 5.81. The Hall–Kier alpha value is -4.06. The van der Waals surface area contributed by atoms with Crippen molar-refractivity contribution >= 4 is 23.1 Å². The van der Waals surface area contributed by atoms with Crippen molar-refractivity contribution in [3.05, 3.63) is 88.5 Å². The van der Waals surface area contributed by atoms with Crippen LogP contribution in [-0.2, 0) is 0 Å². The number of rotatable bonds is 5. The molecule has 6 heteroatoms. The molecule has 30 heavy (non-hydrogen) atoms. The number of phenolic OH excluding ortho intramolecular Hbond substituents is 1. The summed E-state index contributed by atoms with van der Waals surface area (Å²) in [7, 11) is 3.05. The van der Waals surface area contributed by atoms with Crippen LogP contribution in [0, 0.1) is 0 Å². The molecule has 3 aromatic carbocycles. The third-order valence-electron chi connectivity index (χ3n) is 4.79. The number of hydrogen-bond donors (Lipinski definition) is 1. The lowest BCUT2D eigenvalue weighted by Gasteiger charge is -2.14. The molecule has 0 fully saturated rings. The van der Waals surface area contributed by atoms with Crippen molar-refractivity contribution < 1.29 is 14.6 Å². The molecule has 0 atom stereocenters. The number of phenols is 1. The van der Waals surface area contributed by atoms with Gasteiger partial charge in [-0.3, -0.25) is 9.36 Å². The van der Waals surface area contributed by atoms with Crippen molar-refractivity contribution in [1.82, 2.24) is 9.55 Å². The maximum absolute atomic E-state index is 13.4. The monoisotopic (exact) mass is 400 g/mol. The van der Waals surface area contributed by atoms with Crippen LogP contribution in [-0.4, -0.2) is 28.9 Å². The van der Waals surface area contributed by atoms with Crippen LogP contribution in [0.2, 0.25) is 0 Å². The molecule has 0 amide bonds. The highest BCUT2D eigenvalue weighted by Crippen LogP contribution is 2.31. The van der Waals surface area contributed by atoms with E-state index in [9.17, 15) is 9.90 Å². The lowest BCUT2D eigenvalue weighted by atomic mass is 10.1. The highest BCUT2D eigenvalue weighted by atomic mass is 16.5. The summed E-state index contributed by atoms with van der Waals surface area (Å²) in [5.41, 5.74) is 1.50. The Morgan fingerprint density at radius 1 is 0.867 bits per heavy atom. The third kappa shape index (κ3) is 3.39. The van der Waals surface area contributed by atoms with Gasteiger partial charge < -0.3 is 14.6 Å². The van der Waals surface area contributed by atoms with Crippen molar-refractivity contribution in [2.45, 2.75) is 0 Å². The van der Waals surface area contributed by atoms with Gasteiger partial charge in [0.1, 0.15) is 11.6 Å². The van der Waals surface area contributed by atoms with Gasteiger partial charge in [0.05, 0.1) is 30.8 Å². The predicted molar refractivity (Wildman–Crippen MR) is 117 cm³/mol. The zero-order valence-electron chi connectivity index (χ0n) is 16.6. The summed E-state index contributed by atoms with van der Waals surface area (Å²) in [6.07, 6.45) is 3.38. The number of aromatic hydroxyl groups is 1. The van der Waals surface area contributed by atoms with Crippen molar-refractivity contribution in [2.24, 2.45) is 0 Å². The van der Waals surface area contributed by atoms with Gasteiger partial charge >= 0.3 is 0 Å². The van der Waals surface area contributed by atoms with E-state index >= 15 is 0 Å². The number of ether oxygens (including phenoxy) is 2. The minimum absolute atomic E-state index is 0.0169. The zero-order chi connectivity index (χ0) is 21.1. The number of nitrogens with zero attached hydrogens (tertiary/aromatic N) is 2. The Bertz CT molecular complexity index is 1310. The van der Waals surface area contributed by atoms with E-state index in [1.807, 2.05) is 24.3 Å². The molecule has 0 bridgehead atoms. The first kappa shape index (κ1) is 19.3. The minimum Gasteiger partial charge on any atom is -0.504 e. The molecule has 150 valence electrons. The molecule has 6 nitrogen and oxygen atoms in total. The number of para-hydroxylation sites is 4. The molecule has 1 aromatic heterocycles. The molecule has 4 aromatic rings. The SMILES string of the molecule is COc1ccccc1-n1c(/C=C\c2cccc(OC)c2O)nc2ccccc2c1=O. The molecule has 4 rings (SSSR count). The maximum atomic E-state index is 13.4. The van der Waals surface area contributed by atoms with Crippen molar-refractivity contribution in [2.75, 3.05) is 14.2 Å². The van der Waals surface area contributed by atoms with Crippen LogP contribution in [0.4, 0.5) is 0 Å². The Kier molecular flexibility index (Phi) is 5.22. The number of aromatic nitrogens is 2. The second kappa shape index (κ2) is 8.13. The standard InChI is InChI=1S/C24H20N2O4/c1-29-20-12-6-5-11-19(20)26-22(25-18-10-4-3-9-17(18)24(26)28)15-14-16-8-7-13-21(30-2)23(16)27/h3-15,27H,1-2H3/b15-14-. The Labute approximate surface area is 173 Å². The summed E-state index contributed by atoms with van der Waals surface area (Å²) in [4.78, 5) is 18.0. The minimum atomic E-state index is -0.209. The number of hydrogen-bond acceptors (Lipinski definition) is 5. The van der Waals surface area contributed by atoms with Crippen LogP contribution >= 0.6 is 0 Å². The summed E-state index contributed by atoms with van der Waals surface area (Å²) >= 11 is 0. The van der Waals surface area contributed by atoms with Crippen LogP contribution in [0.5, 0.6) is 17.2 Å². The first-order chi connectivity index (χ1) is 14.6. The molecule has 1 heterocycles. The molecule has 0 aliphatic carbocycles. The Morgan fingerprint density at radius 3 is 2.37 bits per heavy atom. The van der Waals surface area contributed by atoms with Crippen molar-refractivity contribution in [1.29, 1.82) is 0 Å². The average molecular weight is 400 g/mol. The molecular weight excluding hydrogens is 380 g/mol. The second-order valence-corrected chi connectivity index (χ2v) is 6.53. The van der Waals surface area contributed by atoms with Crippen LogP contribution in [0.3, 0.4) is 0 Å². The van der Waals surface area contributed by atoms with E-state index in [-0.39, 0.29) is 11.3 Å². The topological polar surface area (TPSA) is 73.6 Å². The van der Waals surface area contributed by atoms with Gasteiger partial charge in [0.2, 0.25) is 0 Å². The highest BCUT2D eigenvalue weighted by Gasteiger charge is 2.14. The molecular formula is C24H20N2O4. The maximum Gasteiger partial charge on any atom is 0.266 e. The number of fused-ring (bicyclic) bond motifs is 1. The van der Waals surface area contributed by atoms with Crippen LogP contribution in [0.1, 0.15) is 11.4 Å². The lowest BCUT2D eigenvalue weighted by molar-refractivity contribution is 0.373. The van der Waals surface area contributed by atoms with E-state index in [4.69, 9.17) is 9.47 Å². The smallest absolute Gasteiger partial charge is 0.266 e. The summed E-state index contributed by atoms with van der Waals surface area (Å²) in [6, 6.07) is 19.7. The fourth-order valence-corrected chi connectivity index (χ4v) is 3.31. The predicted octanol–water partition coefficient (Wildman–Crippen LogP) is 4.28. The third-order valence-corrected chi connectivity index (χ3v) is 4.79. The van der Waals surface area contributed by atoms with Crippen molar-refractivity contribution in [3.8, 4) is 22.9 Å². The van der Waals surface area contributed by atoms with E-state index < -0.39 is 0 Å². The Balaban J connectivity index is 1.96. The van der Waals surface area contributed by atoms with E-state index in [0.717, 1.165) is 0 Å². The van der Waals surface area contributed by atoms with Gasteiger partial charge in [-0.15, -0.1) is 0 Å². The molecule has 0 saturated heterocycles. The van der Waals surface area contributed by atoms with Gasteiger partial charge in [-0.1, -0.05) is 36.4 Å². The normalized spacial score (nSPS) is 11.1. The van der Waals surface area contributed by atoms with Crippen LogP contribution in [0.25, 0.3) is 28.7 Å². The fourth-order valence-electron chi connectivity index (χ4n) is 3.31. The zero-order valence-corrected chi connectivity index (χ0v) is 16.6. The van der Waals surface area contributed by atoms with Gasteiger partial charge in [0, 0.05) is 5.56 Å². The Morgan fingerprint density at radius 2 is 1.57 bits per heavy atom. The van der Waals surface area contributed by atoms with Gasteiger partial charge in [0.15, 0.2) is 11.5 Å². The van der Waals surface area contributed by atoms with Gasteiger partial charge in [-0.2, -0.15) is 0 Å². The number of benzene rings is 3. The lowest BCUT2D eigenvalue weighted by Crippen LogP contribution is -2.22. The summed E-state index contributed by atoms with van der Waals surface area (Å²) < 4.78 is 12.1. The molecule has 0 spiro atoms.